The van der Waals surface area contributed by atoms with Crippen LogP contribution in [0.1, 0.15) is 6.92 Å². The molecular formula is C13H17N3O2. The fraction of sp³-hybridized carbons (Fsp3) is 0.308. The summed E-state index contributed by atoms with van der Waals surface area (Å²) in [7, 11) is 0. The first-order valence-electron chi connectivity index (χ1n) is 5.91. The number of nitrogens with zero attached hydrogens (tertiary/aromatic N) is 2. The summed E-state index contributed by atoms with van der Waals surface area (Å²) in [5.74, 6) is 1.67. The number of hydrogen-bond acceptors (Lipinski definition) is 4. The lowest BCUT2D eigenvalue weighted by molar-refractivity contribution is 0.290. The van der Waals surface area contributed by atoms with E-state index in [2.05, 4.69) is 5.10 Å². The van der Waals surface area contributed by atoms with E-state index in [4.69, 9.17) is 15.2 Å². The molecule has 96 valence electrons. The second-order valence-electron chi connectivity index (χ2n) is 3.79. The van der Waals surface area contributed by atoms with Crippen molar-refractivity contribution < 1.29 is 9.47 Å². The molecule has 2 N–H and O–H groups in total. The fourth-order valence-electron chi connectivity index (χ4n) is 1.56. The van der Waals surface area contributed by atoms with Crippen molar-refractivity contribution in [3.8, 4) is 11.5 Å². The summed E-state index contributed by atoms with van der Waals surface area (Å²) in [6.07, 6.45) is 3.40. The van der Waals surface area contributed by atoms with Crippen LogP contribution in [0.5, 0.6) is 11.5 Å². The quantitative estimate of drug-likeness (QED) is 0.847. The molecule has 5 heteroatoms. The Labute approximate surface area is 106 Å². The van der Waals surface area contributed by atoms with Crippen LogP contribution < -0.4 is 15.2 Å². The predicted octanol–water partition coefficient (Wildman–Crippen LogP) is 1.94. The van der Waals surface area contributed by atoms with E-state index in [0.29, 0.717) is 25.4 Å². The summed E-state index contributed by atoms with van der Waals surface area (Å²) < 4.78 is 12.7. The van der Waals surface area contributed by atoms with Crippen LogP contribution in [0.25, 0.3) is 0 Å². The van der Waals surface area contributed by atoms with Gasteiger partial charge in [0, 0.05) is 6.20 Å². The van der Waals surface area contributed by atoms with Crippen molar-refractivity contribution in [3.05, 3.63) is 36.7 Å². The minimum atomic E-state index is 0.551. The minimum Gasteiger partial charge on any atom is -0.494 e. The first-order chi connectivity index (χ1) is 8.78. The van der Waals surface area contributed by atoms with Gasteiger partial charge >= 0.3 is 0 Å². The van der Waals surface area contributed by atoms with Crippen molar-refractivity contribution >= 4 is 5.69 Å². The monoisotopic (exact) mass is 247 g/mol. The van der Waals surface area contributed by atoms with Gasteiger partial charge in [0.1, 0.15) is 18.1 Å². The largest absolute Gasteiger partial charge is 0.494 e. The number of benzene rings is 1. The van der Waals surface area contributed by atoms with E-state index in [0.717, 1.165) is 11.5 Å². The lowest BCUT2D eigenvalue weighted by Gasteiger charge is -2.07. The number of aromatic nitrogens is 2. The summed E-state index contributed by atoms with van der Waals surface area (Å²) in [5, 5.41) is 4.08. The average Bonchev–Trinajstić information content (AvgIpc) is 2.78. The van der Waals surface area contributed by atoms with Crippen LogP contribution in [0, 0.1) is 0 Å². The molecule has 0 atom stereocenters. The zero-order chi connectivity index (χ0) is 12.8. The van der Waals surface area contributed by atoms with Crippen LogP contribution in [0.4, 0.5) is 5.69 Å². The second-order valence-corrected chi connectivity index (χ2v) is 3.79. The Morgan fingerprint density at radius 1 is 1.17 bits per heavy atom. The van der Waals surface area contributed by atoms with Crippen LogP contribution in [-0.4, -0.2) is 23.0 Å². The molecule has 0 saturated carbocycles. The van der Waals surface area contributed by atoms with Gasteiger partial charge in [-0.1, -0.05) is 0 Å². The molecule has 2 rings (SSSR count). The smallest absolute Gasteiger partial charge is 0.119 e. The molecule has 0 amide bonds. The van der Waals surface area contributed by atoms with Gasteiger partial charge in [-0.15, -0.1) is 0 Å². The highest BCUT2D eigenvalue weighted by molar-refractivity contribution is 5.31. The van der Waals surface area contributed by atoms with Gasteiger partial charge in [-0.25, -0.2) is 0 Å². The van der Waals surface area contributed by atoms with Crippen LogP contribution in [0.3, 0.4) is 0 Å². The SMILES string of the molecule is CCOc1ccc(OCCn2cc(N)cn2)cc1. The Morgan fingerprint density at radius 2 is 1.83 bits per heavy atom. The van der Waals surface area contributed by atoms with Gasteiger partial charge in [0.05, 0.1) is 25.0 Å². The highest BCUT2D eigenvalue weighted by atomic mass is 16.5. The third-order valence-corrected chi connectivity index (χ3v) is 2.38. The van der Waals surface area contributed by atoms with E-state index in [9.17, 15) is 0 Å². The normalized spacial score (nSPS) is 10.3. The first-order valence-corrected chi connectivity index (χ1v) is 5.91. The summed E-state index contributed by atoms with van der Waals surface area (Å²) in [6.45, 7) is 3.85. The van der Waals surface area contributed by atoms with Gasteiger partial charge in [0.2, 0.25) is 0 Å². The second kappa shape index (κ2) is 5.95. The highest BCUT2D eigenvalue weighted by Crippen LogP contribution is 2.17. The molecule has 18 heavy (non-hydrogen) atoms. The van der Waals surface area contributed by atoms with Gasteiger partial charge in [-0.2, -0.15) is 5.10 Å². The highest BCUT2D eigenvalue weighted by Gasteiger charge is 1.97. The molecule has 0 saturated heterocycles. The molecule has 2 aromatic rings. The maximum Gasteiger partial charge on any atom is 0.119 e. The molecule has 5 nitrogen and oxygen atoms in total. The van der Waals surface area contributed by atoms with E-state index in [-0.39, 0.29) is 0 Å². The number of hydrogen-bond donors (Lipinski definition) is 1. The van der Waals surface area contributed by atoms with Crippen molar-refractivity contribution in [2.75, 3.05) is 18.9 Å². The molecule has 1 aromatic heterocycles. The number of rotatable bonds is 6. The van der Waals surface area contributed by atoms with E-state index < -0.39 is 0 Å². The molecule has 0 aliphatic heterocycles. The van der Waals surface area contributed by atoms with Crippen molar-refractivity contribution in [1.29, 1.82) is 0 Å². The molecule has 0 aliphatic rings. The third-order valence-electron chi connectivity index (χ3n) is 2.38. The zero-order valence-corrected chi connectivity index (χ0v) is 10.4. The van der Waals surface area contributed by atoms with Gasteiger partial charge in [0.25, 0.3) is 0 Å². The van der Waals surface area contributed by atoms with Gasteiger partial charge in [0.15, 0.2) is 0 Å². The molecule has 0 unspecified atom stereocenters. The van der Waals surface area contributed by atoms with E-state index in [1.807, 2.05) is 31.2 Å². The van der Waals surface area contributed by atoms with Gasteiger partial charge in [-0.05, 0) is 31.2 Å². The molecule has 0 fully saturated rings. The zero-order valence-electron chi connectivity index (χ0n) is 10.4. The van der Waals surface area contributed by atoms with E-state index >= 15 is 0 Å². The average molecular weight is 247 g/mol. The minimum absolute atomic E-state index is 0.551. The molecule has 0 spiro atoms. The molecule has 0 radical (unpaired) electrons. The van der Waals surface area contributed by atoms with Crippen LogP contribution >= 0.6 is 0 Å². The van der Waals surface area contributed by atoms with Crippen LogP contribution in [0.15, 0.2) is 36.7 Å². The Bertz CT molecular complexity index is 479. The first kappa shape index (κ1) is 12.3. The lowest BCUT2D eigenvalue weighted by Crippen LogP contribution is -2.08. The van der Waals surface area contributed by atoms with Gasteiger partial charge in [-0.3, -0.25) is 4.68 Å². The number of anilines is 1. The Morgan fingerprint density at radius 3 is 2.39 bits per heavy atom. The molecule has 0 aliphatic carbocycles. The third kappa shape index (κ3) is 3.41. The van der Waals surface area contributed by atoms with Crippen molar-refractivity contribution in [1.82, 2.24) is 9.78 Å². The number of nitrogen functional groups attached to an aromatic ring is 1. The van der Waals surface area contributed by atoms with E-state index in [1.165, 1.54) is 0 Å². The number of nitrogens with two attached hydrogens (primary N) is 1. The molecule has 1 heterocycles. The standard InChI is InChI=1S/C13H17N3O2/c1-2-17-12-3-5-13(6-4-12)18-8-7-16-10-11(14)9-15-16/h3-6,9-10H,2,7-8,14H2,1H3. The maximum absolute atomic E-state index is 5.60. The molecule has 0 bridgehead atoms. The molecule has 1 aromatic carbocycles. The van der Waals surface area contributed by atoms with Crippen molar-refractivity contribution in [3.63, 3.8) is 0 Å². The lowest BCUT2D eigenvalue weighted by atomic mass is 10.3. The maximum atomic E-state index is 5.60. The fourth-order valence-corrected chi connectivity index (χ4v) is 1.56. The van der Waals surface area contributed by atoms with Crippen LogP contribution in [-0.2, 0) is 6.54 Å². The van der Waals surface area contributed by atoms with Gasteiger partial charge < -0.3 is 15.2 Å². The Kier molecular flexibility index (Phi) is 4.06. The topological polar surface area (TPSA) is 62.3 Å². The van der Waals surface area contributed by atoms with Crippen molar-refractivity contribution in [2.45, 2.75) is 13.5 Å². The Hall–Kier alpha value is -2.17. The van der Waals surface area contributed by atoms with Crippen molar-refractivity contribution in [2.24, 2.45) is 0 Å². The Balaban J connectivity index is 1.79. The number of ether oxygens (including phenoxy) is 2. The summed E-state index contributed by atoms with van der Waals surface area (Å²) in [6, 6.07) is 7.57. The summed E-state index contributed by atoms with van der Waals surface area (Å²) in [4.78, 5) is 0. The summed E-state index contributed by atoms with van der Waals surface area (Å²) >= 11 is 0. The summed E-state index contributed by atoms with van der Waals surface area (Å²) in [5.41, 5.74) is 6.23. The molecular weight excluding hydrogens is 230 g/mol. The van der Waals surface area contributed by atoms with E-state index in [1.54, 1.807) is 17.1 Å². The predicted molar refractivity (Wildman–Crippen MR) is 69.7 cm³/mol. The van der Waals surface area contributed by atoms with Crippen LogP contribution in [0.2, 0.25) is 0 Å².